The molecular formula is C9H10F3NO. The maximum absolute atomic E-state index is 11.6. The Morgan fingerprint density at radius 1 is 1.21 bits per heavy atom. The highest BCUT2D eigenvalue weighted by Crippen LogP contribution is 2.18. The van der Waals surface area contributed by atoms with E-state index in [1.807, 2.05) is 5.48 Å². The summed E-state index contributed by atoms with van der Waals surface area (Å²) in [4.78, 5) is 3.50. The average molecular weight is 205 g/mol. The van der Waals surface area contributed by atoms with Crippen LogP contribution in [0.1, 0.15) is 18.5 Å². The summed E-state index contributed by atoms with van der Waals surface area (Å²) in [5.41, 5.74) is 2.65. The molecule has 0 heterocycles. The fourth-order valence-corrected chi connectivity index (χ4v) is 0.965. The van der Waals surface area contributed by atoms with E-state index in [1.54, 1.807) is 37.3 Å². The summed E-state index contributed by atoms with van der Waals surface area (Å²) < 4.78 is 34.9. The number of hydroxylamine groups is 1. The minimum atomic E-state index is -4.65. The molecule has 0 radical (unpaired) electrons. The summed E-state index contributed by atoms with van der Waals surface area (Å²) in [6.45, 7) is 1.58. The predicted molar refractivity (Wildman–Crippen MR) is 45.1 cm³/mol. The van der Waals surface area contributed by atoms with E-state index in [-0.39, 0.29) is 0 Å². The highest BCUT2D eigenvalue weighted by Gasteiger charge is 2.30. The minimum absolute atomic E-state index is 0.502. The van der Waals surface area contributed by atoms with Gasteiger partial charge in [0.05, 0.1) is 6.04 Å². The van der Waals surface area contributed by atoms with Crippen molar-refractivity contribution >= 4 is 0 Å². The number of nitrogens with one attached hydrogen (secondary N) is 1. The second-order valence-corrected chi connectivity index (χ2v) is 2.80. The van der Waals surface area contributed by atoms with Crippen molar-refractivity contribution in [3.05, 3.63) is 35.9 Å². The average Bonchev–Trinajstić information content (AvgIpc) is 2.14. The van der Waals surface area contributed by atoms with Crippen LogP contribution in [0.15, 0.2) is 30.3 Å². The third-order valence-corrected chi connectivity index (χ3v) is 1.65. The molecule has 1 atom stereocenters. The van der Waals surface area contributed by atoms with Crippen LogP contribution in [0.5, 0.6) is 0 Å². The van der Waals surface area contributed by atoms with E-state index in [4.69, 9.17) is 0 Å². The van der Waals surface area contributed by atoms with Gasteiger partial charge in [-0.25, -0.2) is 4.84 Å². The zero-order valence-corrected chi connectivity index (χ0v) is 7.51. The van der Waals surface area contributed by atoms with E-state index < -0.39 is 12.4 Å². The lowest BCUT2D eigenvalue weighted by Gasteiger charge is -2.14. The van der Waals surface area contributed by atoms with E-state index in [1.165, 1.54) is 0 Å². The smallest absolute Gasteiger partial charge is 0.202 e. The first-order chi connectivity index (χ1) is 6.49. The molecule has 5 heteroatoms. The van der Waals surface area contributed by atoms with Crippen molar-refractivity contribution in [3.63, 3.8) is 0 Å². The quantitative estimate of drug-likeness (QED) is 0.766. The van der Waals surface area contributed by atoms with Gasteiger partial charge in [0.1, 0.15) is 0 Å². The van der Waals surface area contributed by atoms with Crippen molar-refractivity contribution in [1.82, 2.24) is 5.48 Å². The molecule has 1 aromatic carbocycles. The first-order valence-corrected chi connectivity index (χ1v) is 4.04. The number of halogens is 3. The Morgan fingerprint density at radius 2 is 1.79 bits per heavy atom. The second-order valence-electron chi connectivity index (χ2n) is 2.80. The third kappa shape index (κ3) is 3.76. The number of alkyl halides is 3. The normalized spacial score (nSPS) is 14.0. The van der Waals surface area contributed by atoms with Gasteiger partial charge in [0.2, 0.25) is 0 Å². The lowest BCUT2D eigenvalue weighted by atomic mass is 10.1. The number of hydrogen-bond acceptors (Lipinski definition) is 2. The summed E-state index contributed by atoms with van der Waals surface area (Å²) in [5.74, 6) is 0. The predicted octanol–water partition coefficient (Wildman–Crippen LogP) is 2.79. The van der Waals surface area contributed by atoms with Gasteiger partial charge < -0.3 is 0 Å². The van der Waals surface area contributed by atoms with Crippen LogP contribution in [-0.2, 0) is 4.84 Å². The Balaban J connectivity index is 2.48. The van der Waals surface area contributed by atoms with E-state index in [0.717, 1.165) is 5.56 Å². The SMILES string of the molecule is CC(NOC(F)(F)F)c1ccccc1. The molecule has 0 aliphatic heterocycles. The molecular weight excluding hydrogens is 195 g/mol. The second kappa shape index (κ2) is 4.43. The first kappa shape index (κ1) is 11.0. The van der Waals surface area contributed by atoms with E-state index in [2.05, 4.69) is 4.84 Å². The van der Waals surface area contributed by atoms with Crippen LogP contribution in [0.25, 0.3) is 0 Å². The maximum atomic E-state index is 11.6. The molecule has 0 spiro atoms. The van der Waals surface area contributed by atoms with Crippen LogP contribution >= 0.6 is 0 Å². The molecule has 1 unspecified atom stereocenters. The van der Waals surface area contributed by atoms with Gasteiger partial charge in [0.15, 0.2) is 0 Å². The molecule has 14 heavy (non-hydrogen) atoms. The highest BCUT2D eigenvalue weighted by molar-refractivity contribution is 5.17. The van der Waals surface area contributed by atoms with Gasteiger partial charge in [-0.2, -0.15) is 5.48 Å². The molecule has 1 aromatic rings. The van der Waals surface area contributed by atoms with Crippen LogP contribution in [0.4, 0.5) is 13.2 Å². The fraction of sp³-hybridized carbons (Fsp3) is 0.333. The van der Waals surface area contributed by atoms with E-state index >= 15 is 0 Å². The third-order valence-electron chi connectivity index (χ3n) is 1.65. The summed E-state index contributed by atoms with van der Waals surface area (Å²) in [6.07, 6.45) is -4.65. The molecule has 2 nitrogen and oxygen atoms in total. The first-order valence-electron chi connectivity index (χ1n) is 4.04. The zero-order valence-electron chi connectivity index (χ0n) is 7.51. The number of benzene rings is 1. The molecule has 0 saturated heterocycles. The Morgan fingerprint density at radius 3 is 2.29 bits per heavy atom. The Hall–Kier alpha value is -1.07. The van der Waals surface area contributed by atoms with Crippen LogP contribution < -0.4 is 5.48 Å². The van der Waals surface area contributed by atoms with Crippen LogP contribution in [0.3, 0.4) is 0 Å². The fourth-order valence-electron chi connectivity index (χ4n) is 0.965. The molecule has 0 saturated carbocycles. The van der Waals surface area contributed by atoms with Crippen LogP contribution in [0.2, 0.25) is 0 Å². The molecule has 0 fully saturated rings. The molecule has 0 aliphatic carbocycles. The van der Waals surface area contributed by atoms with Gasteiger partial charge in [-0.15, -0.1) is 13.2 Å². The lowest BCUT2D eigenvalue weighted by Crippen LogP contribution is -2.27. The Bertz CT molecular complexity index is 273. The topological polar surface area (TPSA) is 21.3 Å². The van der Waals surface area contributed by atoms with Gasteiger partial charge in [-0.3, -0.25) is 0 Å². The molecule has 0 aliphatic rings. The summed E-state index contributed by atoms with van der Waals surface area (Å²) in [5, 5.41) is 0. The summed E-state index contributed by atoms with van der Waals surface area (Å²) in [6, 6.07) is 8.23. The van der Waals surface area contributed by atoms with Gasteiger partial charge in [-0.1, -0.05) is 30.3 Å². The summed E-state index contributed by atoms with van der Waals surface area (Å²) >= 11 is 0. The lowest BCUT2D eigenvalue weighted by molar-refractivity contribution is -0.354. The van der Waals surface area contributed by atoms with Crippen LogP contribution in [0, 0.1) is 0 Å². The Labute approximate surface area is 79.6 Å². The van der Waals surface area contributed by atoms with Crippen molar-refractivity contribution in [2.24, 2.45) is 0 Å². The highest BCUT2D eigenvalue weighted by atomic mass is 19.4. The molecule has 0 bridgehead atoms. The zero-order chi connectivity index (χ0) is 10.6. The van der Waals surface area contributed by atoms with Gasteiger partial charge in [0.25, 0.3) is 0 Å². The Kier molecular flexibility index (Phi) is 3.49. The van der Waals surface area contributed by atoms with Crippen LogP contribution in [-0.4, -0.2) is 6.36 Å². The molecule has 1 rings (SSSR count). The van der Waals surface area contributed by atoms with Crippen molar-refractivity contribution in [1.29, 1.82) is 0 Å². The maximum Gasteiger partial charge on any atom is 0.538 e. The van der Waals surface area contributed by atoms with Crippen molar-refractivity contribution in [2.75, 3.05) is 0 Å². The molecule has 78 valence electrons. The summed E-state index contributed by atoms with van der Waals surface area (Å²) in [7, 11) is 0. The standard InChI is InChI=1S/C9H10F3NO/c1-7(13-14-9(10,11)12)8-5-3-2-4-6-8/h2-7,13H,1H3. The number of rotatable bonds is 3. The van der Waals surface area contributed by atoms with Crippen molar-refractivity contribution < 1.29 is 18.0 Å². The largest absolute Gasteiger partial charge is 0.538 e. The van der Waals surface area contributed by atoms with Gasteiger partial charge in [0, 0.05) is 0 Å². The molecule has 0 aromatic heterocycles. The van der Waals surface area contributed by atoms with Crippen molar-refractivity contribution in [2.45, 2.75) is 19.3 Å². The van der Waals surface area contributed by atoms with E-state index in [0.29, 0.717) is 0 Å². The minimum Gasteiger partial charge on any atom is -0.202 e. The van der Waals surface area contributed by atoms with Gasteiger partial charge in [-0.05, 0) is 12.5 Å². The van der Waals surface area contributed by atoms with Gasteiger partial charge >= 0.3 is 6.36 Å². The monoisotopic (exact) mass is 205 g/mol. The molecule has 0 amide bonds. The van der Waals surface area contributed by atoms with E-state index in [9.17, 15) is 13.2 Å². The van der Waals surface area contributed by atoms with Crippen molar-refractivity contribution in [3.8, 4) is 0 Å². The molecule has 1 N–H and O–H groups in total. The number of hydrogen-bond donors (Lipinski definition) is 1.